The number of hydrogen-bond donors (Lipinski definition) is 1. The molecule has 0 spiro atoms. The molecule has 0 saturated carbocycles. The van der Waals surface area contributed by atoms with Gasteiger partial charge in [-0.3, -0.25) is 4.79 Å². The van der Waals surface area contributed by atoms with Gasteiger partial charge in [0, 0.05) is 22.4 Å². The Bertz CT molecular complexity index is 364. The monoisotopic (exact) mass is 272 g/mol. The molecule has 0 aliphatic rings. The maximum Gasteiger partial charge on any atom is 0.175 e. The van der Waals surface area contributed by atoms with Gasteiger partial charge in [0.25, 0.3) is 0 Å². The van der Waals surface area contributed by atoms with Crippen LogP contribution in [0.4, 0.5) is 0 Å². The number of carbonyl (C=O) groups is 1. The van der Waals surface area contributed by atoms with Gasteiger partial charge in [-0.05, 0) is 37.6 Å². The van der Waals surface area contributed by atoms with Crippen molar-refractivity contribution in [2.75, 3.05) is 6.61 Å². The SMILES string of the molecule is CC(CCO)SC(C)C(=O)c1ccc(Cl)cc1. The van der Waals surface area contributed by atoms with E-state index in [4.69, 9.17) is 16.7 Å². The largest absolute Gasteiger partial charge is 0.396 e. The first kappa shape index (κ1) is 14.6. The molecule has 1 rings (SSSR count). The van der Waals surface area contributed by atoms with E-state index in [1.165, 1.54) is 0 Å². The fraction of sp³-hybridized carbons (Fsp3) is 0.462. The maximum atomic E-state index is 12.1. The lowest BCUT2D eigenvalue weighted by molar-refractivity contribution is 0.0993. The molecule has 17 heavy (non-hydrogen) atoms. The fourth-order valence-electron chi connectivity index (χ4n) is 1.51. The summed E-state index contributed by atoms with van der Waals surface area (Å²) in [5.41, 5.74) is 0.686. The zero-order valence-electron chi connectivity index (χ0n) is 10.0. The molecule has 0 amide bonds. The lowest BCUT2D eigenvalue weighted by Crippen LogP contribution is -2.17. The van der Waals surface area contributed by atoms with Gasteiger partial charge >= 0.3 is 0 Å². The van der Waals surface area contributed by atoms with E-state index >= 15 is 0 Å². The van der Waals surface area contributed by atoms with E-state index in [0.29, 0.717) is 17.0 Å². The summed E-state index contributed by atoms with van der Waals surface area (Å²) in [6, 6.07) is 6.95. The van der Waals surface area contributed by atoms with E-state index in [1.807, 2.05) is 13.8 Å². The molecule has 0 aromatic heterocycles. The van der Waals surface area contributed by atoms with Crippen LogP contribution in [0, 0.1) is 0 Å². The lowest BCUT2D eigenvalue weighted by Gasteiger charge is -2.15. The Morgan fingerprint density at radius 2 is 1.94 bits per heavy atom. The van der Waals surface area contributed by atoms with Crippen LogP contribution >= 0.6 is 23.4 Å². The van der Waals surface area contributed by atoms with Crippen LogP contribution in [0.5, 0.6) is 0 Å². The number of aliphatic hydroxyl groups is 1. The summed E-state index contributed by atoms with van der Waals surface area (Å²) in [4.78, 5) is 12.1. The predicted molar refractivity (Wildman–Crippen MR) is 74.0 cm³/mol. The van der Waals surface area contributed by atoms with Gasteiger partial charge in [-0.1, -0.05) is 18.5 Å². The van der Waals surface area contributed by atoms with Gasteiger partial charge in [-0.25, -0.2) is 0 Å². The molecule has 2 unspecified atom stereocenters. The first-order valence-corrected chi connectivity index (χ1v) is 6.92. The van der Waals surface area contributed by atoms with Crippen LogP contribution in [0.15, 0.2) is 24.3 Å². The zero-order chi connectivity index (χ0) is 12.8. The Balaban J connectivity index is 2.60. The molecule has 1 aromatic rings. The standard InChI is InChI=1S/C13H17ClO2S/c1-9(7-8-15)17-10(2)13(16)11-3-5-12(14)6-4-11/h3-6,9-10,15H,7-8H2,1-2H3. The van der Waals surface area contributed by atoms with Crippen molar-refractivity contribution >= 4 is 29.1 Å². The Morgan fingerprint density at radius 1 is 1.35 bits per heavy atom. The summed E-state index contributed by atoms with van der Waals surface area (Å²) in [7, 11) is 0. The molecule has 1 N–H and O–H groups in total. The summed E-state index contributed by atoms with van der Waals surface area (Å²) in [5, 5.41) is 9.64. The van der Waals surface area contributed by atoms with E-state index in [-0.39, 0.29) is 22.9 Å². The van der Waals surface area contributed by atoms with Crippen molar-refractivity contribution in [3.8, 4) is 0 Å². The molecule has 0 heterocycles. The number of rotatable bonds is 6. The quantitative estimate of drug-likeness (QED) is 0.807. The second-order valence-corrected chi connectivity index (χ2v) is 6.19. The molecule has 0 bridgehead atoms. The smallest absolute Gasteiger partial charge is 0.175 e. The molecule has 1 aromatic carbocycles. The Hall–Kier alpha value is -0.510. The number of hydrogen-bond acceptors (Lipinski definition) is 3. The van der Waals surface area contributed by atoms with Crippen molar-refractivity contribution in [2.24, 2.45) is 0 Å². The summed E-state index contributed by atoms with van der Waals surface area (Å²) < 4.78 is 0. The van der Waals surface area contributed by atoms with E-state index in [0.717, 1.165) is 0 Å². The van der Waals surface area contributed by atoms with Gasteiger partial charge in [0.2, 0.25) is 0 Å². The third-order valence-electron chi connectivity index (χ3n) is 2.47. The number of Topliss-reactive ketones (excluding diaryl/α,β-unsaturated/α-hetero) is 1. The van der Waals surface area contributed by atoms with Crippen molar-refractivity contribution < 1.29 is 9.90 Å². The zero-order valence-corrected chi connectivity index (χ0v) is 11.6. The van der Waals surface area contributed by atoms with Gasteiger partial charge < -0.3 is 5.11 Å². The molecular formula is C13H17ClO2S. The van der Waals surface area contributed by atoms with Crippen LogP contribution in [0.2, 0.25) is 5.02 Å². The number of ketones is 1. The number of carbonyl (C=O) groups excluding carboxylic acids is 1. The van der Waals surface area contributed by atoms with Crippen LogP contribution in [-0.4, -0.2) is 28.0 Å². The molecular weight excluding hydrogens is 256 g/mol. The third-order valence-corrected chi connectivity index (χ3v) is 4.04. The molecule has 94 valence electrons. The second-order valence-electron chi connectivity index (χ2n) is 3.97. The van der Waals surface area contributed by atoms with Crippen molar-refractivity contribution in [1.82, 2.24) is 0 Å². The summed E-state index contributed by atoms with van der Waals surface area (Å²) in [6.07, 6.45) is 0.711. The average Bonchev–Trinajstić information content (AvgIpc) is 2.29. The van der Waals surface area contributed by atoms with E-state index in [2.05, 4.69) is 0 Å². The van der Waals surface area contributed by atoms with Crippen LogP contribution in [-0.2, 0) is 0 Å². The van der Waals surface area contributed by atoms with Gasteiger partial charge in [0.1, 0.15) is 0 Å². The number of benzene rings is 1. The van der Waals surface area contributed by atoms with Crippen molar-refractivity contribution in [3.63, 3.8) is 0 Å². The fourth-order valence-corrected chi connectivity index (χ4v) is 2.83. The average molecular weight is 273 g/mol. The number of aliphatic hydroxyl groups excluding tert-OH is 1. The highest BCUT2D eigenvalue weighted by Crippen LogP contribution is 2.23. The van der Waals surface area contributed by atoms with Gasteiger partial charge in [0.05, 0.1) is 5.25 Å². The van der Waals surface area contributed by atoms with Crippen LogP contribution in [0.3, 0.4) is 0 Å². The first-order valence-electron chi connectivity index (χ1n) is 5.60. The highest BCUT2D eigenvalue weighted by Gasteiger charge is 2.18. The van der Waals surface area contributed by atoms with Crippen LogP contribution in [0.1, 0.15) is 30.6 Å². The molecule has 0 radical (unpaired) electrons. The molecule has 0 aliphatic carbocycles. The van der Waals surface area contributed by atoms with Gasteiger partial charge in [-0.2, -0.15) is 0 Å². The predicted octanol–water partition coefficient (Wildman–Crippen LogP) is 3.42. The highest BCUT2D eigenvalue weighted by atomic mass is 35.5. The third kappa shape index (κ3) is 4.70. The minimum atomic E-state index is -0.0993. The van der Waals surface area contributed by atoms with Crippen molar-refractivity contribution in [2.45, 2.75) is 30.8 Å². The minimum absolute atomic E-state index is 0.0993. The lowest BCUT2D eigenvalue weighted by atomic mass is 10.1. The Morgan fingerprint density at radius 3 is 2.47 bits per heavy atom. The normalized spacial score (nSPS) is 14.4. The van der Waals surface area contributed by atoms with Gasteiger partial charge in [0.15, 0.2) is 5.78 Å². The molecule has 0 fully saturated rings. The minimum Gasteiger partial charge on any atom is -0.396 e. The maximum absolute atomic E-state index is 12.1. The van der Waals surface area contributed by atoms with E-state index in [9.17, 15) is 4.79 Å². The summed E-state index contributed by atoms with van der Waals surface area (Å²) in [5.74, 6) is 0.108. The molecule has 2 atom stereocenters. The first-order chi connectivity index (χ1) is 8.04. The molecule has 0 aliphatic heterocycles. The van der Waals surface area contributed by atoms with E-state index < -0.39 is 0 Å². The van der Waals surface area contributed by atoms with Crippen LogP contribution in [0.25, 0.3) is 0 Å². The highest BCUT2D eigenvalue weighted by molar-refractivity contribution is 8.01. The number of thioether (sulfide) groups is 1. The second kappa shape index (κ2) is 7.04. The molecule has 0 saturated heterocycles. The van der Waals surface area contributed by atoms with Crippen LogP contribution < -0.4 is 0 Å². The topological polar surface area (TPSA) is 37.3 Å². The summed E-state index contributed by atoms with van der Waals surface area (Å²) in [6.45, 7) is 4.08. The number of halogens is 1. The Labute approximate surface area is 111 Å². The summed E-state index contributed by atoms with van der Waals surface area (Å²) >= 11 is 7.37. The molecule has 4 heteroatoms. The van der Waals surface area contributed by atoms with E-state index in [1.54, 1.807) is 36.0 Å². The Kier molecular flexibility index (Phi) is 6.03. The van der Waals surface area contributed by atoms with Crippen molar-refractivity contribution in [1.29, 1.82) is 0 Å². The molecule has 2 nitrogen and oxygen atoms in total. The van der Waals surface area contributed by atoms with Crippen molar-refractivity contribution in [3.05, 3.63) is 34.9 Å². The van der Waals surface area contributed by atoms with Gasteiger partial charge in [-0.15, -0.1) is 11.8 Å².